The molecular formula is C13H18BrClFN3O2. The van der Waals surface area contributed by atoms with Crippen LogP contribution in [-0.4, -0.2) is 49.7 Å². The Labute approximate surface area is 137 Å². The lowest BCUT2D eigenvalue weighted by Crippen LogP contribution is -2.48. The molecule has 3 N–H and O–H groups in total. The van der Waals surface area contributed by atoms with Gasteiger partial charge in [-0.1, -0.05) is 15.9 Å². The summed E-state index contributed by atoms with van der Waals surface area (Å²) in [6.45, 7) is 2.48. The van der Waals surface area contributed by atoms with Crippen LogP contribution in [-0.2, 0) is 9.53 Å². The van der Waals surface area contributed by atoms with Gasteiger partial charge in [0.2, 0.25) is 5.91 Å². The van der Waals surface area contributed by atoms with Gasteiger partial charge in [-0.2, -0.15) is 0 Å². The first-order chi connectivity index (χ1) is 9.58. The van der Waals surface area contributed by atoms with Crippen LogP contribution in [0.15, 0.2) is 22.7 Å². The number of halogens is 3. The van der Waals surface area contributed by atoms with Crippen molar-refractivity contribution in [3.8, 4) is 0 Å². The molecule has 1 aromatic carbocycles. The number of amides is 1. The van der Waals surface area contributed by atoms with Crippen LogP contribution in [0.1, 0.15) is 0 Å². The van der Waals surface area contributed by atoms with E-state index < -0.39 is 5.82 Å². The second-order valence-corrected chi connectivity index (χ2v) is 5.55. The summed E-state index contributed by atoms with van der Waals surface area (Å²) >= 11 is 3.17. The summed E-state index contributed by atoms with van der Waals surface area (Å²) in [5.74, 6) is -0.710. The number of hydrogen-bond donors (Lipinski definition) is 2. The number of morpholine rings is 1. The summed E-state index contributed by atoms with van der Waals surface area (Å²) in [5.41, 5.74) is 5.73. The number of nitrogens with two attached hydrogens (primary N) is 1. The zero-order valence-corrected chi connectivity index (χ0v) is 13.8. The normalized spacial score (nSPS) is 18.9. The summed E-state index contributed by atoms with van der Waals surface area (Å²) in [6.07, 6.45) is -0.0408. The van der Waals surface area contributed by atoms with E-state index in [2.05, 4.69) is 21.2 Å². The zero-order valence-electron chi connectivity index (χ0n) is 11.4. The molecule has 1 saturated heterocycles. The van der Waals surface area contributed by atoms with Crippen LogP contribution in [0.2, 0.25) is 0 Å². The quantitative estimate of drug-likeness (QED) is 0.830. The molecule has 1 aromatic rings. The van der Waals surface area contributed by atoms with Gasteiger partial charge < -0.3 is 15.8 Å². The van der Waals surface area contributed by atoms with E-state index in [1.165, 1.54) is 12.1 Å². The highest BCUT2D eigenvalue weighted by atomic mass is 79.9. The Morgan fingerprint density at radius 2 is 2.33 bits per heavy atom. The third-order valence-corrected chi connectivity index (χ3v) is 3.55. The molecule has 1 fully saturated rings. The third kappa shape index (κ3) is 5.52. The average molecular weight is 383 g/mol. The molecule has 1 amide bonds. The van der Waals surface area contributed by atoms with Crippen molar-refractivity contribution in [2.75, 3.05) is 38.1 Å². The lowest BCUT2D eigenvalue weighted by molar-refractivity contribution is -0.119. The highest BCUT2D eigenvalue weighted by molar-refractivity contribution is 9.10. The summed E-state index contributed by atoms with van der Waals surface area (Å²) in [4.78, 5) is 13.9. The predicted octanol–water partition coefficient (Wildman–Crippen LogP) is 1.61. The molecule has 1 atom stereocenters. The maximum Gasteiger partial charge on any atom is 0.238 e. The van der Waals surface area contributed by atoms with Crippen LogP contribution in [0.3, 0.4) is 0 Å². The van der Waals surface area contributed by atoms with Gasteiger partial charge in [0.15, 0.2) is 0 Å². The zero-order chi connectivity index (χ0) is 14.5. The number of hydrogen-bond acceptors (Lipinski definition) is 4. The van der Waals surface area contributed by atoms with Gasteiger partial charge in [0.05, 0.1) is 24.9 Å². The number of anilines is 1. The fourth-order valence-corrected chi connectivity index (χ4v) is 2.38. The van der Waals surface area contributed by atoms with Crippen molar-refractivity contribution >= 4 is 39.9 Å². The fourth-order valence-electron chi connectivity index (χ4n) is 2.05. The second kappa shape index (κ2) is 8.65. The van der Waals surface area contributed by atoms with E-state index in [1.54, 1.807) is 6.07 Å². The van der Waals surface area contributed by atoms with E-state index >= 15 is 0 Å². The Balaban J connectivity index is 0.00000220. The van der Waals surface area contributed by atoms with Crippen LogP contribution in [0.4, 0.5) is 10.1 Å². The molecule has 1 aliphatic rings. The second-order valence-electron chi connectivity index (χ2n) is 4.64. The van der Waals surface area contributed by atoms with Crippen molar-refractivity contribution in [1.29, 1.82) is 0 Å². The number of rotatable bonds is 4. The van der Waals surface area contributed by atoms with E-state index in [9.17, 15) is 9.18 Å². The number of ether oxygens (including phenoxy) is 1. The first-order valence-corrected chi connectivity index (χ1v) is 7.16. The van der Waals surface area contributed by atoms with Gasteiger partial charge in [0.1, 0.15) is 5.82 Å². The van der Waals surface area contributed by atoms with Crippen LogP contribution in [0, 0.1) is 5.82 Å². The van der Waals surface area contributed by atoms with Crippen molar-refractivity contribution in [3.63, 3.8) is 0 Å². The minimum atomic E-state index is -0.463. The Morgan fingerprint density at radius 3 is 3.00 bits per heavy atom. The maximum atomic E-state index is 13.6. The van der Waals surface area contributed by atoms with Gasteiger partial charge in [-0.05, 0) is 18.2 Å². The number of nitrogens with one attached hydrogen (secondary N) is 1. The number of carbonyl (C=O) groups excluding carboxylic acids is 1. The molecule has 0 radical (unpaired) electrons. The van der Waals surface area contributed by atoms with Crippen LogP contribution < -0.4 is 11.1 Å². The molecule has 1 heterocycles. The molecule has 1 unspecified atom stereocenters. The van der Waals surface area contributed by atoms with E-state index in [0.717, 1.165) is 0 Å². The number of carbonyl (C=O) groups is 1. The van der Waals surface area contributed by atoms with E-state index in [1.807, 2.05) is 4.90 Å². The van der Waals surface area contributed by atoms with Crippen LogP contribution in [0.5, 0.6) is 0 Å². The minimum absolute atomic E-state index is 0. The van der Waals surface area contributed by atoms with Gasteiger partial charge in [0, 0.05) is 24.1 Å². The SMILES string of the molecule is Cl.NCC1CN(CC(=O)Nc2ccc(Br)cc2F)CCO1. The van der Waals surface area contributed by atoms with Gasteiger partial charge in [0.25, 0.3) is 0 Å². The Hall–Kier alpha value is -0.730. The highest BCUT2D eigenvalue weighted by Gasteiger charge is 2.21. The van der Waals surface area contributed by atoms with Crippen molar-refractivity contribution in [2.24, 2.45) is 5.73 Å². The standard InChI is InChI=1S/C13H17BrFN3O2.ClH/c14-9-1-2-12(11(15)5-9)17-13(19)8-18-3-4-20-10(6-16)7-18;/h1-2,5,10H,3-4,6-8,16H2,(H,17,19);1H. The Bertz CT molecular complexity index is 492. The topological polar surface area (TPSA) is 67.6 Å². The lowest BCUT2D eigenvalue weighted by atomic mass is 10.2. The fraction of sp³-hybridized carbons (Fsp3) is 0.462. The van der Waals surface area contributed by atoms with Crippen molar-refractivity contribution in [3.05, 3.63) is 28.5 Å². The van der Waals surface area contributed by atoms with Crippen molar-refractivity contribution < 1.29 is 13.9 Å². The molecule has 5 nitrogen and oxygen atoms in total. The van der Waals surface area contributed by atoms with E-state index in [0.29, 0.717) is 30.7 Å². The predicted molar refractivity (Wildman–Crippen MR) is 85.2 cm³/mol. The Kier molecular flexibility index (Phi) is 7.55. The molecule has 1 aliphatic heterocycles. The van der Waals surface area contributed by atoms with Gasteiger partial charge >= 0.3 is 0 Å². The smallest absolute Gasteiger partial charge is 0.238 e. The number of benzene rings is 1. The molecule has 0 saturated carbocycles. The molecule has 21 heavy (non-hydrogen) atoms. The summed E-state index contributed by atoms with van der Waals surface area (Å²) in [6, 6.07) is 4.52. The summed E-state index contributed by atoms with van der Waals surface area (Å²) < 4.78 is 19.7. The molecule has 0 aromatic heterocycles. The minimum Gasteiger partial charge on any atom is -0.374 e. The first-order valence-electron chi connectivity index (χ1n) is 6.37. The maximum absolute atomic E-state index is 13.6. The summed E-state index contributed by atoms with van der Waals surface area (Å²) in [5, 5.41) is 2.57. The van der Waals surface area contributed by atoms with Gasteiger partial charge in [-0.15, -0.1) is 12.4 Å². The average Bonchev–Trinajstić information content (AvgIpc) is 2.42. The van der Waals surface area contributed by atoms with Crippen molar-refractivity contribution in [2.45, 2.75) is 6.10 Å². The molecule has 0 bridgehead atoms. The Morgan fingerprint density at radius 1 is 1.57 bits per heavy atom. The van der Waals surface area contributed by atoms with Crippen molar-refractivity contribution in [1.82, 2.24) is 4.90 Å². The summed E-state index contributed by atoms with van der Waals surface area (Å²) in [7, 11) is 0. The van der Waals surface area contributed by atoms with Crippen LogP contribution >= 0.6 is 28.3 Å². The molecule has 2 rings (SSSR count). The largest absolute Gasteiger partial charge is 0.374 e. The van der Waals surface area contributed by atoms with E-state index in [4.69, 9.17) is 10.5 Å². The van der Waals surface area contributed by atoms with Gasteiger partial charge in [-0.3, -0.25) is 9.69 Å². The number of nitrogens with zero attached hydrogens (tertiary/aromatic N) is 1. The molecule has 0 aliphatic carbocycles. The molecular weight excluding hydrogens is 365 g/mol. The lowest BCUT2D eigenvalue weighted by Gasteiger charge is -2.31. The van der Waals surface area contributed by atoms with Crippen LogP contribution in [0.25, 0.3) is 0 Å². The van der Waals surface area contributed by atoms with E-state index in [-0.39, 0.29) is 36.7 Å². The highest BCUT2D eigenvalue weighted by Crippen LogP contribution is 2.19. The monoisotopic (exact) mass is 381 g/mol. The molecule has 118 valence electrons. The van der Waals surface area contributed by atoms with Gasteiger partial charge in [-0.25, -0.2) is 4.39 Å². The first kappa shape index (κ1) is 18.3. The molecule has 8 heteroatoms. The molecule has 0 spiro atoms. The third-order valence-electron chi connectivity index (χ3n) is 3.06.